The molecule has 0 aromatic heterocycles. The van der Waals surface area contributed by atoms with Crippen LogP contribution in [0, 0.1) is 0 Å². The summed E-state index contributed by atoms with van der Waals surface area (Å²) in [6, 6.07) is 14.2. The van der Waals surface area contributed by atoms with Crippen molar-refractivity contribution in [3.05, 3.63) is 53.6 Å². The van der Waals surface area contributed by atoms with Gasteiger partial charge in [0.1, 0.15) is 7.77 Å². The third-order valence-corrected chi connectivity index (χ3v) is 5.36. The zero-order valence-corrected chi connectivity index (χ0v) is 14.1. The first kappa shape index (κ1) is 15.4. The summed E-state index contributed by atoms with van der Waals surface area (Å²) in [5, 5.41) is 11.0. The van der Waals surface area contributed by atoms with Gasteiger partial charge in [0.15, 0.2) is 11.8 Å². The summed E-state index contributed by atoms with van der Waals surface area (Å²) < 4.78 is 0.558. The van der Waals surface area contributed by atoms with Gasteiger partial charge in [0.25, 0.3) is 5.48 Å². The summed E-state index contributed by atoms with van der Waals surface area (Å²) in [5.41, 5.74) is 4.80. The van der Waals surface area contributed by atoms with Gasteiger partial charge < -0.3 is 14.5 Å². The quantitative estimate of drug-likeness (QED) is 0.592. The lowest BCUT2D eigenvalue weighted by Crippen LogP contribution is -2.40. The Hall–Kier alpha value is -1.51. The van der Waals surface area contributed by atoms with Crippen LogP contribution in [0.3, 0.4) is 0 Å². The van der Waals surface area contributed by atoms with Crippen LogP contribution in [0.25, 0.3) is 11.1 Å². The van der Waals surface area contributed by atoms with Crippen LogP contribution in [0.2, 0.25) is 0 Å². The van der Waals surface area contributed by atoms with Crippen molar-refractivity contribution in [2.24, 2.45) is 0 Å². The third kappa shape index (κ3) is 2.86. The molecule has 22 heavy (non-hydrogen) atoms. The molecule has 0 amide bonds. The molecule has 0 bridgehead atoms. The van der Waals surface area contributed by atoms with E-state index in [2.05, 4.69) is 18.2 Å². The second-order valence-corrected chi connectivity index (χ2v) is 8.38. The zero-order valence-electron chi connectivity index (χ0n) is 13.2. The van der Waals surface area contributed by atoms with Crippen molar-refractivity contribution in [2.45, 2.75) is 6.42 Å². The minimum Gasteiger partial charge on any atom is -0.624 e. The fourth-order valence-corrected chi connectivity index (χ4v) is 4.46. The van der Waals surface area contributed by atoms with E-state index in [-0.39, 0.29) is 5.48 Å². The Morgan fingerprint density at radius 1 is 1.09 bits per heavy atom. The Labute approximate surface area is 132 Å². The molecule has 0 heterocycles. The number of aliphatic hydroxyl groups is 1. The maximum absolute atomic E-state index is 12.8. The van der Waals surface area contributed by atoms with Crippen molar-refractivity contribution in [3.8, 4) is 11.1 Å². The van der Waals surface area contributed by atoms with E-state index in [1.54, 1.807) is 0 Å². The van der Waals surface area contributed by atoms with Gasteiger partial charge in [-0.05, 0) is 22.8 Å². The molecule has 1 N–H and O–H groups in total. The van der Waals surface area contributed by atoms with Crippen molar-refractivity contribution in [3.63, 3.8) is 0 Å². The van der Waals surface area contributed by atoms with Crippen LogP contribution in [0.5, 0.6) is 0 Å². The van der Waals surface area contributed by atoms with Crippen LogP contribution >= 0.6 is 7.77 Å². The molecule has 0 fully saturated rings. The molecule has 1 unspecified atom stereocenters. The molecule has 3 nitrogen and oxygen atoms in total. The topological polar surface area (TPSA) is 43.3 Å². The average Bonchev–Trinajstić information content (AvgIpc) is 2.83. The number of quaternary nitrogens is 1. The molecule has 3 rings (SSSR count). The molecule has 4 heteroatoms. The van der Waals surface area contributed by atoms with E-state index in [4.69, 9.17) is 0 Å². The van der Waals surface area contributed by atoms with E-state index in [1.165, 1.54) is 11.1 Å². The van der Waals surface area contributed by atoms with Crippen LogP contribution in [0.1, 0.15) is 11.1 Å². The molecule has 1 aliphatic rings. The molecular weight excluding hydrogens is 293 g/mol. The van der Waals surface area contributed by atoms with Crippen LogP contribution in [0.4, 0.5) is 0 Å². The predicted molar refractivity (Wildman–Crippen MR) is 91.1 cm³/mol. The summed E-state index contributed by atoms with van der Waals surface area (Å²) >= 11 is 0. The maximum atomic E-state index is 12.8. The normalized spacial score (nSPS) is 14.4. The minimum atomic E-state index is -1.90. The van der Waals surface area contributed by atoms with Gasteiger partial charge >= 0.3 is 0 Å². The highest BCUT2D eigenvalue weighted by Crippen LogP contribution is 2.37. The number of nitrogens with zero attached hydrogens (tertiary/aromatic N) is 1. The molecule has 114 valence electrons. The number of benzene rings is 2. The van der Waals surface area contributed by atoms with Crippen molar-refractivity contribution < 1.29 is 14.5 Å². The average molecular weight is 314 g/mol. The predicted octanol–water partition coefficient (Wildman–Crippen LogP) is 1.85. The smallest absolute Gasteiger partial charge is 0.279 e. The lowest BCUT2D eigenvalue weighted by Gasteiger charge is -2.22. The van der Waals surface area contributed by atoms with Gasteiger partial charge in [-0.1, -0.05) is 36.4 Å². The van der Waals surface area contributed by atoms with Gasteiger partial charge in [0.05, 0.1) is 21.1 Å². The summed E-state index contributed by atoms with van der Waals surface area (Å²) in [5.74, 6) is 0. The Morgan fingerprint density at radius 2 is 1.77 bits per heavy atom. The number of rotatable bonds is 3. The monoisotopic (exact) mass is 314 g/mol. The second-order valence-electron chi connectivity index (χ2n) is 6.80. The Bertz CT molecular complexity index is 760. The van der Waals surface area contributed by atoms with Crippen LogP contribution in [-0.2, 0) is 6.42 Å². The molecule has 1 atom stereocenters. The van der Waals surface area contributed by atoms with E-state index >= 15 is 0 Å². The molecule has 0 radical (unpaired) electrons. The summed E-state index contributed by atoms with van der Waals surface area (Å²) in [7, 11) is 4.03. The van der Waals surface area contributed by atoms with Crippen LogP contribution in [-0.4, -0.2) is 42.8 Å². The second kappa shape index (κ2) is 5.60. The SMILES string of the molecule is C[N+](C)(C)C/C(O)=[P+](\[O-])c1cccc2c1Cc1ccccc1-2. The molecule has 1 aliphatic carbocycles. The fraction of sp³-hybridized carbons (Fsp3) is 0.278. The highest BCUT2D eigenvalue weighted by molar-refractivity contribution is 7.59. The van der Waals surface area contributed by atoms with Gasteiger partial charge in [-0.25, -0.2) is 0 Å². The summed E-state index contributed by atoms with van der Waals surface area (Å²) in [6.45, 7) is 0.395. The zero-order chi connectivity index (χ0) is 15.9. The maximum Gasteiger partial charge on any atom is 0.279 e. The standard InChI is InChI=1S/C18H20NO2P/c1-19(2,3)12-18(20)22(21)17-10-6-9-15-14-8-5-4-7-13(14)11-16(15)17/h4-10H,11-12H2,1-3H3/p+1. The van der Waals surface area contributed by atoms with Crippen molar-refractivity contribution >= 4 is 18.6 Å². The third-order valence-electron chi connectivity index (χ3n) is 3.90. The Morgan fingerprint density at radius 3 is 2.50 bits per heavy atom. The van der Waals surface area contributed by atoms with Crippen molar-refractivity contribution in [1.29, 1.82) is 0 Å². The Balaban J connectivity index is 2.07. The van der Waals surface area contributed by atoms with Gasteiger partial charge in [0, 0.05) is 12.0 Å². The van der Waals surface area contributed by atoms with Crippen molar-refractivity contribution in [1.82, 2.24) is 0 Å². The number of hydrogen-bond acceptors (Lipinski definition) is 1. The molecule has 0 aliphatic heterocycles. The molecule has 0 saturated carbocycles. The number of likely N-dealkylation sites (N-methyl/N-ethyl adjacent to an activating group) is 1. The molecule has 2 aromatic rings. The van der Waals surface area contributed by atoms with E-state index in [9.17, 15) is 10.00 Å². The summed E-state index contributed by atoms with van der Waals surface area (Å²) in [6.07, 6.45) is 0.792. The number of fused-ring (bicyclic) bond motifs is 3. The van der Waals surface area contributed by atoms with Crippen molar-refractivity contribution in [2.75, 3.05) is 27.7 Å². The lowest BCUT2D eigenvalue weighted by atomic mass is 10.1. The first-order chi connectivity index (χ1) is 10.4. The van der Waals surface area contributed by atoms with Crippen LogP contribution in [0.15, 0.2) is 42.5 Å². The fourth-order valence-electron chi connectivity index (χ4n) is 2.96. The van der Waals surface area contributed by atoms with Gasteiger partial charge in [-0.15, -0.1) is 0 Å². The van der Waals surface area contributed by atoms with Gasteiger partial charge in [0.2, 0.25) is 0 Å². The molecule has 0 saturated heterocycles. The number of hydrogen-bond donors (Lipinski definition) is 1. The lowest BCUT2D eigenvalue weighted by molar-refractivity contribution is -0.861. The van der Waals surface area contributed by atoms with E-state index in [0.717, 1.165) is 22.9 Å². The first-order valence-corrected chi connectivity index (χ1v) is 8.65. The highest BCUT2D eigenvalue weighted by atomic mass is 31.1. The van der Waals surface area contributed by atoms with Gasteiger partial charge in [-0.2, -0.15) is 0 Å². The molecule has 2 aromatic carbocycles. The van der Waals surface area contributed by atoms with E-state index < -0.39 is 7.77 Å². The Kier molecular flexibility index (Phi) is 3.92. The van der Waals surface area contributed by atoms with E-state index in [1.807, 2.05) is 45.4 Å². The first-order valence-electron chi connectivity index (χ1n) is 7.39. The minimum absolute atomic E-state index is 0.0758. The summed E-state index contributed by atoms with van der Waals surface area (Å²) in [4.78, 5) is 12.8. The van der Waals surface area contributed by atoms with Gasteiger partial charge in [-0.3, -0.25) is 0 Å². The molecular formula is C18H21NO2P+. The number of aliphatic hydroxyl groups excluding tert-OH is 1. The highest BCUT2D eigenvalue weighted by Gasteiger charge is 2.27. The molecule has 0 spiro atoms. The van der Waals surface area contributed by atoms with Crippen LogP contribution < -0.4 is 10.2 Å². The van der Waals surface area contributed by atoms with E-state index in [0.29, 0.717) is 11.0 Å². The largest absolute Gasteiger partial charge is 0.624 e.